The highest BCUT2D eigenvalue weighted by Gasteiger charge is 2.48. The second-order valence-corrected chi connectivity index (χ2v) is 7.95. The SMILES string of the molecule is CCOC(=O)C1=C2CC(c3ccc(Br)cc3)C[C@H]2[C@H]2CCCOC2O1. The first-order chi connectivity index (χ1) is 12.2. The monoisotopic (exact) mass is 406 g/mol. The second-order valence-electron chi connectivity index (χ2n) is 7.03. The lowest BCUT2D eigenvalue weighted by atomic mass is 9.80. The molecule has 1 aromatic rings. The Bertz CT molecular complexity index is 681. The Morgan fingerprint density at radius 3 is 2.88 bits per heavy atom. The smallest absolute Gasteiger partial charge is 0.373 e. The number of rotatable bonds is 3. The third kappa shape index (κ3) is 3.24. The first kappa shape index (κ1) is 17.1. The molecule has 3 aliphatic rings. The van der Waals surface area contributed by atoms with Crippen molar-refractivity contribution in [3.8, 4) is 0 Å². The summed E-state index contributed by atoms with van der Waals surface area (Å²) in [6.07, 6.45) is 3.77. The Hall–Kier alpha value is -1.33. The van der Waals surface area contributed by atoms with E-state index in [9.17, 15) is 4.79 Å². The van der Waals surface area contributed by atoms with Gasteiger partial charge in [0, 0.05) is 10.4 Å². The number of fused-ring (bicyclic) bond motifs is 3. The molecular weight excluding hydrogens is 384 g/mol. The van der Waals surface area contributed by atoms with Crippen molar-refractivity contribution in [1.82, 2.24) is 0 Å². The largest absolute Gasteiger partial charge is 0.460 e. The zero-order valence-electron chi connectivity index (χ0n) is 14.4. The third-order valence-electron chi connectivity index (χ3n) is 5.61. The minimum absolute atomic E-state index is 0.300. The van der Waals surface area contributed by atoms with Crippen LogP contribution in [0.5, 0.6) is 0 Å². The van der Waals surface area contributed by atoms with Crippen LogP contribution in [-0.2, 0) is 19.0 Å². The number of hydrogen-bond donors (Lipinski definition) is 0. The molecule has 1 saturated heterocycles. The van der Waals surface area contributed by atoms with Gasteiger partial charge in [-0.3, -0.25) is 0 Å². The maximum absolute atomic E-state index is 12.4. The highest BCUT2D eigenvalue weighted by Crippen LogP contribution is 2.52. The fourth-order valence-electron chi connectivity index (χ4n) is 4.49. The number of allylic oxidation sites excluding steroid dienone is 1. The molecule has 0 spiro atoms. The highest BCUT2D eigenvalue weighted by molar-refractivity contribution is 9.10. The maximum Gasteiger partial charge on any atom is 0.373 e. The molecule has 1 aliphatic carbocycles. The summed E-state index contributed by atoms with van der Waals surface area (Å²) in [5, 5.41) is 0. The summed E-state index contributed by atoms with van der Waals surface area (Å²) in [4.78, 5) is 12.4. The van der Waals surface area contributed by atoms with Gasteiger partial charge < -0.3 is 14.2 Å². The summed E-state index contributed by atoms with van der Waals surface area (Å²) < 4.78 is 18.2. The number of esters is 1. The lowest BCUT2D eigenvalue weighted by molar-refractivity contribution is -0.198. The molecule has 2 heterocycles. The van der Waals surface area contributed by atoms with E-state index < -0.39 is 0 Å². The van der Waals surface area contributed by atoms with Gasteiger partial charge in [0.2, 0.25) is 12.0 Å². The van der Waals surface area contributed by atoms with E-state index in [2.05, 4.69) is 40.2 Å². The number of hydrogen-bond acceptors (Lipinski definition) is 4. The van der Waals surface area contributed by atoms with Gasteiger partial charge in [0.1, 0.15) is 0 Å². The molecule has 1 aromatic carbocycles. The average molecular weight is 407 g/mol. The zero-order chi connectivity index (χ0) is 17.4. The predicted molar refractivity (Wildman–Crippen MR) is 96.8 cm³/mol. The molecule has 4 atom stereocenters. The molecule has 134 valence electrons. The van der Waals surface area contributed by atoms with E-state index in [1.165, 1.54) is 5.56 Å². The molecule has 4 rings (SSSR count). The van der Waals surface area contributed by atoms with Crippen molar-refractivity contribution in [2.45, 2.75) is 44.8 Å². The second kappa shape index (κ2) is 7.12. The summed E-state index contributed by atoms with van der Waals surface area (Å²) >= 11 is 3.50. The number of halogens is 1. The van der Waals surface area contributed by atoms with Crippen molar-refractivity contribution < 1.29 is 19.0 Å². The fraction of sp³-hybridized carbons (Fsp3) is 0.550. The van der Waals surface area contributed by atoms with Gasteiger partial charge in [-0.15, -0.1) is 0 Å². The van der Waals surface area contributed by atoms with Gasteiger partial charge >= 0.3 is 5.97 Å². The van der Waals surface area contributed by atoms with Crippen LogP contribution < -0.4 is 0 Å². The van der Waals surface area contributed by atoms with Crippen molar-refractivity contribution >= 4 is 21.9 Å². The number of benzene rings is 1. The van der Waals surface area contributed by atoms with Crippen LogP contribution in [0, 0.1) is 11.8 Å². The standard InChI is InChI=1S/C20H23BrO4/c1-2-23-19(22)18-17-11-13(12-5-7-14(21)8-6-12)10-16(17)15-4-3-9-24-20(15)25-18/h5-8,13,15-16,20H,2-4,9-11H2,1H3/t13?,15-,16+,20?/m1/s1. The summed E-state index contributed by atoms with van der Waals surface area (Å²) in [6.45, 7) is 2.88. The predicted octanol–water partition coefficient (Wildman–Crippen LogP) is 4.54. The molecule has 2 aliphatic heterocycles. The minimum Gasteiger partial charge on any atom is -0.460 e. The van der Waals surface area contributed by atoms with E-state index in [4.69, 9.17) is 14.2 Å². The molecule has 0 aromatic heterocycles. The lowest BCUT2D eigenvalue weighted by Gasteiger charge is -2.40. The Morgan fingerprint density at radius 1 is 1.32 bits per heavy atom. The third-order valence-corrected chi connectivity index (χ3v) is 6.14. The van der Waals surface area contributed by atoms with Crippen molar-refractivity contribution in [2.75, 3.05) is 13.2 Å². The van der Waals surface area contributed by atoms with Gasteiger partial charge in [-0.25, -0.2) is 4.79 Å². The molecule has 25 heavy (non-hydrogen) atoms. The molecule has 2 unspecified atom stereocenters. The van der Waals surface area contributed by atoms with Crippen LogP contribution in [0.1, 0.15) is 44.1 Å². The highest BCUT2D eigenvalue weighted by atomic mass is 79.9. The van der Waals surface area contributed by atoms with Crippen LogP contribution in [-0.4, -0.2) is 25.5 Å². The van der Waals surface area contributed by atoms with Gasteiger partial charge in [0.05, 0.1) is 13.2 Å². The van der Waals surface area contributed by atoms with Gasteiger partial charge in [0.25, 0.3) is 0 Å². The molecule has 5 heteroatoms. The molecule has 0 N–H and O–H groups in total. The minimum atomic E-state index is -0.341. The fourth-order valence-corrected chi connectivity index (χ4v) is 4.75. The number of carbonyl (C=O) groups is 1. The Morgan fingerprint density at radius 2 is 2.12 bits per heavy atom. The van der Waals surface area contributed by atoms with Crippen molar-refractivity contribution in [3.63, 3.8) is 0 Å². The van der Waals surface area contributed by atoms with Crippen LogP contribution in [0.25, 0.3) is 0 Å². The van der Waals surface area contributed by atoms with E-state index in [1.807, 2.05) is 6.92 Å². The first-order valence-corrected chi connectivity index (χ1v) is 9.90. The number of ether oxygens (including phenoxy) is 3. The summed E-state index contributed by atoms with van der Waals surface area (Å²) in [5.41, 5.74) is 2.46. The molecule has 1 saturated carbocycles. The summed E-state index contributed by atoms with van der Waals surface area (Å²) in [5.74, 6) is 1.19. The van der Waals surface area contributed by atoms with E-state index in [1.54, 1.807) is 0 Å². The molecular formula is C20H23BrO4. The Labute approximate surface area is 156 Å². The normalized spacial score (nSPS) is 31.1. The molecule has 0 bridgehead atoms. The van der Waals surface area contributed by atoms with Crippen LogP contribution in [0.2, 0.25) is 0 Å². The Balaban J connectivity index is 1.66. The van der Waals surface area contributed by atoms with Crippen molar-refractivity contribution in [1.29, 1.82) is 0 Å². The van der Waals surface area contributed by atoms with Crippen LogP contribution in [0.15, 0.2) is 40.1 Å². The molecule has 0 radical (unpaired) electrons. The lowest BCUT2D eigenvalue weighted by Crippen LogP contribution is -2.41. The molecule has 2 fully saturated rings. The van der Waals surface area contributed by atoms with Crippen LogP contribution in [0.3, 0.4) is 0 Å². The van der Waals surface area contributed by atoms with E-state index >= 15 is 0 Å². The zero-order valence-corrected chi connectivity index (χ0v) is 16.0. The van der Waals surface area contributed by atoms with E-state index in [0.29, 0.717) is 36.7 Å². The maximum atomic E-state index is 12.4. The quantitative estimate of drug-likeness (QED) is 0.690. The van der Waals surface area contributed by atoms with Crippen LogP contribution in [0.4, 0.5) is 0 Å². The van der Waals surface area contributed by atoms with Gasteiger partial charge in [0.15, 0.2) is 0 Å². The average Bonchev–Trinajstić information content (AvgIpc) is 3.07. The van der Waals surface area contributed by atoms with Crippen LogP contribution >= 0.6 is 15.9 Å². The van der Waals surface area contributed by atoms with Gasteiger partial charge in [-0.05, 0) is 67.7 Å². The molecule has 4 nitrogen and oxygen atoms in total. The first-order valence-electron chi connectivity index (χ1n) is 9.11. The van der Waals surface area contributed by atoms with Gasteiger partial charge in [-0.1, -0.05) is 28.1 Å². The van der Waals surface area contributed by atoms with Crippen molar-refractivity contribution in [2.24, 2.45) is 11.8 Å². The van der Waals surface area contributed by atoms with E-state index in [0.717, 1.165) is 35.7 Å². The topological polar surface area (TPSA) is 44.8 Å². The molecule has 0 amide bonds. The summed E-state index contributed by atoms with van der Waals surface area (Å²) in [7, 11) is 0. The van der Waals surface area contributed by atoms with E-state index in [-0.39, 0.29) is 12.3 Å². The van der Waals surface area contributed by atoms with Crippen molar-refractivity contribution in [3.05, 3.63) is 45.6 Å². The number of carbonyl (C=O) groups excluding carboxylic acids is 1. The van der Waals surface area contributed by atoms with Gasteiger partial charge in [-0.2, -0.15) is 0 Å². The Kier molecular flexibility index (Phi) is 4.87. The summed E-state index contributed by atoms with van der Waals surface area (Å²) in [6, 6.07) is 8.51.